The van der Waals surface area contributed by atoms with Gasteiger partial charge < -0.3 is 9.84 Å². The van der Waals surface area contributed by atoms with Crippen molar-refractivity contribution in [1.82, 2.24) is 0 Å². The second-order valence-corrected chi connectivity index (χ2v) is 5.23. The Labute approximate surface area is 125 Å². The Balaban J connectivity index is 2.37. The Morgan fingerprint density at radius 3 is 2.33 bits per heavy atom. The molecule has 3 nitrogen and oxygen atoms in total. The molecule has 2 rings (SSSR count). The van der Waals surface area contributed by atoms with Gasteiger partial charge in [0.05, 0.1) is 12.2 Å². The number of hydrogen-bond acceptors (Lipinski definition) is 2. The lowest BCUT2D eigenvalue weighted by atomic mass is 9.94. The van der Waals surface area contributed by atoms with Crippen LogP contribution in [0.4, 0.5) is 0 Å². The maximum Gasteiger partial charge on any atom is 0.335 e. The first-order valence-electron chi connectivity index (χ1n) is 6.95. The van der Waals surface area contributed by atoms with Gasteiger partial charge in [0.1, 0.15) is 0 Å². The Kier molecular flexibility index (Phi) is 4.76. The summed E-state index contributed by atoms with van der Waals surface area (Å²) in [5.41, 5.74) is 5.46. The van der Waals surface area contributed by atoms with Gasteiger partial charge in [0.2, 0.25) is 0 Å². The Bertz CT molecular complexity index is 642. The van der Waals surface area contributed by atoms with Crippen molar-refractivity contribution < 1.29 is 14.6 Å². The number of aryl methyl sites for hydroxylation is 2. The third kappa shape index (κ3) is 3.50. The summed E-state index contributed by atoms with van der Waals surface area (Å²) in [4.78, 5) is 11.3. The third-order valence-corrected chi connectivity index (χ3v) is 3.66. The van der Waals surface area contributed by atoms with Gasteiger partial charge in [-0.05, 0) is 54.2 Å². The molecule has 2 aromatic carbocycles. The zero-order valence-corrected chi connectivity index (χ0v) is 12.6. The van der Waals surface area contributed by atoms with E-state index >= 15 is 0 Å². The van der Waals surface area contributed by atoms with Gasteiger partial charge >= 0.3 is 5.97 Å². The topological polar surface area (TPSA) is 46.5 Å². The molecule has 0 aliphatic heterocycles. The van der Waals surface area contributed by atoms with Crippen molar-refractivity contribution in [2.75, 3.05) is 13.7 Å². The van der Waals surface area contributed by atoms with Crippen LogP contribution in [0, 0.1) is 13.8 Å². The van der Waals surface area contributed by atoms with Gasteiger partial charge in [-0.3, -0.25) is 0 Å². The summed E-state index contributed by atoms with van der Waals surface area (Å²) in [6.07, 6.45) is 0.879. The molecule has 0 atom stereocenters. The van der Waals surface area contributed by atoms with Crippen molar-refractivity contribution in [3.8, 4) is 11.1 Å². The van der Waals surface area contributed by atoms with E-state index in [4.69, 9.17) is 4.74 Å². The molecule has 3 heteroatoms. The fraction of sp³-hybridized carbons (Fsp3) is 0.278. The number of carboxylic acids is 1. The van der Waals surface area contributed by atoms with Crippen molar-refractivity contribution in [2.45, 2.75) is 20.3 Å². The van der Waals surface area contributed by atoms with E-state index in [1.165, 1.54) is 5.56 Å². The van der Waals surface area contributed by atoms with Crippen LogP contribution in [0.15, 0.2) is 36.4 Å². The average molecular weight is 284 g/mol. The molecule has 1 N–H and O–H groups in total. The van der Waals surface area contributed by atoms with E-state index in [9.17, 15) is 9.90 Å². The minimum Gasteiger partial charge on any atom is -0.478 e. The maximum atomic E-state index is 11.3. The number of methoxy groups -OCH3 is 1. The number of carboxylic acid groups (broad SMARTS) is 1. The summed E-state index contributed by atoms with van der Waals surface area (Å²) in [5.74, 6) is -0.884. The van der Waals surface area contributed by atoms with Gasteiger partial charge in [0.15, 0.2) is 0 Å². The van der Waals surface area contributed by atoms with Crippen molar-refractivity contribution in [3.05, 3.63) is 58.7 Å². The molecule has 0 aliphatic rings. The molecule has 0 fully saturated rings. The SMILES string of the molecule is COCCc1ccc(-c2cc(C(=O)O)c(C)cc2C)cc1. The second kappa shape index (κ2) is 6.55. The highest BCUT2D eigenvalue weighted by Gasteiger charge is 2.11. The predicted molar refractivity (Wildman–Crippen MR) is 83.9 cm³/mol. The van der Waals surface area contributed by atoms with Crippen LogP contribution in [-0.2, 0) is 11.2 Å². The third-order valence-electron chi connectivity index (χ3n) is 3.66. The highest BCUT2D eigenvalue weighted by Crippen LogP contribution is 2.27. The average Bonchev–Trinajstić information content (AvgIpc) is 2.45. The summed E-state index contributed by atoms with van der Waals surface area (Å²) in [5, 5.41) is 9.26. The van der Waals surface area contributed by atoms with Crippen LogP contribution in [0.5, 0.6) is 0 Å². The van der Waals surface area contributed by atoms with Crippen LogP contribution in [-0.4, -0.2) is 24.8 Å². The molecule has 0 amide bonds. The Morgan fingerprint density at radius 1 is 1.10 bits per heavy atom. The molecule has 0 saturated heterocycles. The first kappa shape index (κ1) is 15.3. The van der Waals surface area contributed by atoms with Crippen LogP contribution in [0.1, 0.15) is 27.0 Å². The number of ether oxygens (including phenoxy) is 1. The molecular weight excluding hydrogens is 264 g/mol. The molecule has 21 heavy (non-hydrogen) atoms. The largest absolute Gasteiger partial charge is 0.478 e. The van der Waals surface area contributed by atoms with Gasteiger partial charge in [-0.15, -0.1) is 0 Å². The van der Waals surface area contributed by atoms with Crippen LogP contribution in [0.2, 0.25) is 0 Å². The summed E-state index contributed by atoms with van der Waals surface area (Å²) < 4.78 is 5.07. The van der Waals surface area contributed by atoms with Gasteiger partial charge in [-0.1, -0.05) is 30.3 Å². The molecule has 0 spiro atoms. The van der Waals surface area contributed by atoms with E-state index in [-0.39, 0.29) is 0 Å². The fourth-order valence-corrected chi connectivity index (χ4v) is 2.46. The number of carbonyl (C=O) groups is 1. The van der Waals surface area contributed by atoms with E-state index in [1.807, 2.05) is 32.0 Å². The van der Waals surface area contributed by atoms with Crippen LogP contribution < -0.4 is 0 Å². The molecule has 0 aromatic heterocycles. The highest BCUT2D eigenvalue weighted by molar-refractivity contribution is 5.91. The maximum absolute atomic E-state index is 11.3. The first-order chi connectivity index (χ1) is 10.0. The van der Waals surface area contributed by atoms with E-state index in [2.05, 4.69) is 12.1 Å². The van der Waals surface area contributed by atoms with Gasteiger partial charge in [-0.2, -0.15) is 0 Å². The number of hydrogen-bond donors (Lipinski definition) is 1. The molecule has 0 aliphatic carbocycles. The molecule has 2 aromatic rings. The van der Waals surface area contributed by atoms with Crippen LogP contribution in [0.25, 0.3) is 11.1 Å². The normalized spacial score (nSPS) is 10.6. The van der Waals surface area contributed by atoms with E-state index < -0.39 is 5.97 Å². The zero-order valence-electron chi connectivity index (χ0n) is 12.6. The van der Waals surface area contributed by atoms with Crippen molar-refractivity contribution in [2.24, 2.45) is 0 Å². The minimum atomic E-state index is -0.884. The number of rotatable bonds is 5. The minimum absolute atomic E-state index is 0.360. The van der Waals surface area contributed by atoms with E-state index in [0.29, 0.717) is 12.2 Å². The number of benzene rings is 2. The standard InChI is InChI=1S/C18H20O3/c1-12-10-13(2)17(18(19)20)11-16(12)15-6-4-14(5-7-15)8-9-21-3/h4-7,10-11H,8-9H2,1-3H3,(H,19,20). The highest BCUT2D eigenvalue weighted by atomic mass is 16.5. The molecule has 0 radical (unpaired) electrons. The monoisotopic (exact) mass is 284 g/mol. The van der Waals surface area contributed by atoms with Gasteiger partial charge in [-0.25, -0.2) is 4.79 Å². The van der Waals surface area contributed by atoms with Gasteiger partial charge in [0.25, 0.3) is 0 Å². The molecule has 0 saturated carbocycles. The van der Waals surface area contributed by atoms with Crippen LogP contribution >= 0.6 is 0 Å². The van der Waals surface area contributed by atoms with Crippen molar-refractivity contribution in [3.63, 3.8) is 0 Å². The predicted octanol–water partition coefficient (Wildman–Crippen LogP) is 3.86. The fourth-order valence-electron chi connectivity index (χ4n) is 2.46. The molecule has 0 bridgehead atoms. The summed E-state index contributed by atoms with van der Waals surface area (Å²) in [6, 6.07) is 11.9. The lowest BCUT2D eigenvalue weighted by molar-refractivity contribution is 0.0696. The molecule has 0 unspecified atom stereocenters. The zero-order chi connectivity index (χ0) is 15.4. The summed E-state index contributed by atoms with van der Waals surface area (Å²) in [6.45, 7) is 4.53. The Morgan fingerprint density at radius 2 is 1.76 bits per heavy atom. The van der Waals surface area contributed by atoms with Crippen molar-refractivity contribution >= 4 is 5.97 Å². The lowest BCUT2D eigenvalue weighted by Crippen LogP contribution is -2.01. The molecule has 110 valence electrons. The van der Waals surface area contributed by atoms with Crippen molar-refractivity contribution in [1.29, 1.82) is 0 Å². The smallest absolute Gasteiger partial charge is 0.335 e. The number of aromatic carboxylic acids is 1. The van der Waals surface area contributed by atoms with E-state index in [0.717, 1.165) is 28.7 Å². The first-order valence-corrected chi connectivity index (χ1v) is 6.95. The molecule has 0 heterocycles. The quantitative estimate of drug-likeness (QED) is 0.907. The van der Waals surface area contributed by atoms with Gasteiger partial charge in [0, 0.05) is 7.11 Å². The summed E-state index contributed by atoms with van der Waals surface area (Å²) >= 11 is 0. The Hall–Kier alpha value is -2.13. The van der Waals surface area contributed by atoms with E-state index in [1.54, 1.807) is 13.2 Å². The lowest BCUT2D eigenvalue weighted by Gasteiger charge is -2.11. The summed E-state index contributed by atoms with van der Waals surface area (Å²) in [7, 11) is 1.69. The second-order valence-electron chi connectivity index (χ2n) is 5.23. The molecular formula is C18H20O3. The van der Waals surface area contributed by atoms with Crippen LogP contribution in [0.3, 0.4) is 0 Å².